The molecule has 0 fully saturated rings. The van der Waals surface area contributed by atoms with Crippen LogP contribution in [-0.4, -0.2) is 39.0 Å². The molecule has 6 unspecified atom stereocenters. The number of pyridine rings is 4. The largest absolute Gasteiger partial charge is 0.334 e. The molecular weight excluding hydrogens is 1310 g/mol. The summed E-state index contributed by atoms with van der Waals surface area (Å²) in [6.45, 7) is 76.8. The van der Waals surface area contributed by atoms with E-state index >= 15 is 0 Å². The normalized spacial score (nSPS) is 17.2. The van der Waals surface area contributed by atoms with E-state index in [0.717, 1.165) is 59.2 Å². The van der Waals surface area contributed by atoms with E-state index in [2.05, 4.69) is 165 Å². The van der Waals surface area contributed by atoms with Crippen LogP contribution in [0.4, 0.5) is 0 Å². The molecular formula is C92H172N8Y. The molecule has 8 heterocycles. The van der Waals surface area contributed by atoms with Crippen molar-refractivity contribution >= 4 is 0 Å². The van der Waals surface area contributed by atoms with Crippen molar-refractivity contribution in [1.82, 2.24) is 39.0 Å². The summed E-state index contributed by atoms with van der Waals surface area (Å²) in [6.07, 6.45) is 41.9. The van der Waals surface area contributed by atoms with Crippen molar-refractivity contribution in [2.45, 2.75) is 401 Å². The van der Waals surface area contributed by atoms with Crippen LogP contribution in [0.1, 0.15) is 418 Å². The standard InChI is InChI=1S/4C12H17N.2C10H16N2.12C2H6.Y/c1-9(2)10-5-3-7-12-11(10)6-4-8-13-12;1-9(2)11-7-3-5-10-6-4-8-13-12(10)11;1-9(2)11-5-3-4-10-8-13-7-6-12(10)11;1-9(2)11-5-3-4-10-6-7-13-8-12(10)11;1-8(2)9-4-3-5-12-7-11-6-10(9)12;1-8(2)10-5-3-4-9-6-11-7-12(9)10;12*1-2;/h4,6,8-10H,3,5,7H2,1-2H3;4,6,8-9,11H,3,5,7H2,1-2H3;2*6-9,11H,3-5H2,1-2H3;6-9H,3-5H2,1-2H3;6-8,10H,3-5H2,1-2H3;12*1-2H3;. The second-order valence-electron chi connectivity index (χ2n) is 25.2. The Labute approximate surface area is 657 Å². The predicted molar refractivity (Wildman–Crippen MR) is 453 cm³/mol. The van der Waals surface area contributed by atoms with Crippen molar-refractivity contribution in [2.75, 3.05) is 0 Å². The Morgan fingerprint density at radius 1 is 0.327 bits per heavy atom. The van der Waals surface area contributed by atoms with Gasteiger partial charge < -0.3 is 9.13 Å². The fraction of sp³-hybridized carbons (Fsp3) is 0.717. The van der Waals surface area contributed by atoms with E-state index in [1.807, 2.05) is 222 Å². The molecule has 0 saturated carbocycles. The number of hydrogen-bond donors (Lipinski definition) is 0. The molecule has 1 radical (unpaired) electrons. The quantitative estimate of drug-likeness (QED) is 0.165. The van der Waals surface area contributed by atoms with Gasteiger partial charge in [-0.25, -0.2) is 9.97 Å². The third kappa shape index (κ3) is 41.0. The molecule has 0 N–H and O–H groups in total. The Morgan fingerprint density at radius 2 is 0.752 bits per heavy atom. The van der Waals surface area contributed by atoms with Crippen LogP contribution < -0.4 is 0 Å². The summed E-state index contributed by atoms with van der Waals surface area (Å²) in [6, 6.07) is 13.7. The third-order valence-corrected chi connectivity index (χ3v) is 18.0. The first-order chi connectivity index (χ1) is 48.7. The summed E-state index contributed by atoms with van der Waals surface area (Å²) in [7, 11) is 0. The maximum absolute atomic E-state index is 4.52. The van der Waals surface area contributed by atoms with Gasteiger partial charge in [0.15, 0.2) is 0 Å². The maximum atomic E-state index is 4.52. The minimum atomic E-state index is 0. The number of fused-ring (bicyclic) bond motifs is 6. The van der Waals surface area contributed by atoms with Gasteiger partial charge in [0.1, 0.15) is 0 Å². The second-order valence-corrected chi connectivity index (χ2v) is 25.2. The van der Waals surface area contributed by atoms with Gasteiger partial charge in [-0.05, 0) is 220 Å². The molecule has 0 aromatic carbocycles. The summed E-state index contributed by atoms with van der Waals surface area (Å²) in [5, 5.41) is 0. The van der Waals surface area contributed by atoms with Crippen LogP contribution in [0, 0.1) is 35.5 Å². The summed E-state index contributed by atoms with van der Waals surface area (Å²) in [5.74, 6) is 8.19. The first kappa shape index (κ1) is 110. The van der Waals surface area contributed by atoms with E-state index in [1.165, 1.54) is 166 Å². The van der Waals surface area contributed by atoms with Crippen LogP contribution in [0.3, 0.4) is 0 Å². The molecule has 583 valence electrons. The van der Waals surface area contributed by atoms with Crippen molar-refractivity contribution < 1.29 is 32.7 Å². The Morgan fingerprint density at radius 3 is 1.29 bits per heavy atom. The second kappa shape index (κ2) is 74.4. The molecule has 101 heavy (non-hydrogen) atoms. The summed E-state index contributed by atoms with van der Waals surface area (Å²) in [4.78, 5) is 25.8. The number of aromatic nitrogens is 8. The van der Waals surface area contributed by atoms with Gasteiger partial charge in [0.25, 0.3) is 0 Å². The smallest absolute Gasteiger partial charge is 0.0950 e. The number of nitrogens with zero attached hydrogens (tertiary/aromatic N) is 8. The molecule has 2 aliphatic heterocycles. The minimum absolute atomic E-state index is 0. The van der Waals surface area contributed by atoms with E-state index in [1.54, 1.807) is 5.56 Å². The zero-order valence-corrected chi connectivity index (χ0v) is 76.9. The van der Waals surface area contributed by atoms with Gasteiger partial charge >= 0.3 is 0 Å². The molecule has 0 amide bonds. The van der Waals surface area contributed by atoms with Gasteiger partial charge in [-0.3, -0.25) is 19.9 Å². The van der Waals surface area contributed by atoms with Crippen LogP contribution in [-0.2, 0) is 71.4 Å². The summed E-state index contributed by atoms with van der Waals surface area (Å²) < 4.78 is 4.66. The van der Waals surface area contributed by atoms with Crippen molar-refractivity contribution in [2.24, 2.45) is 35.5 Å². The van der Waals surface area contributed by atoms with E-state index in [0.29, 0.717) is 12.0 Å². The Kier molecular flexibility index (Phi) is 81.4. The Bertz CT molecular complexity index is 2330. The average Bonchev–Trinajstić information content (AvgIpc) is 1.55. The molecule has 0 bridgehead atoms. The first-order valence-electron chi connectivity index (χ1n) is 42.5. The first-order valence-corrected chi connectivity index (χ1v) is 42.5. The molecule has 0 saturated heterocycles. The number of aryl methyl sites for hydroxylation is 6. The summed E-state index contributed by atoms with van der Waals surface area (Å²) in [5.41, 5.74) is 14.6. The minimum Gasteiger partial charge on any atom is -0.334 e. The molecule has 9 heteroatoms. The van der Waals surface area contributed by atoms with Crippen LogP contribution in [0.25, 0.3) is 0 Å². The fourth-order valence-corrected chi connectivity index (χ4v) is 13.6. The molecule has 4 aliphatic carbocycles. The Hall–Kier alpha value is -3.88. The van der Waals surface area contributed by atoms with Crippen molar-refractivity contribution in [3.63, 3.8) is 0 Å². The van der Waals surface area contributed by atoms with Crippen molar-refractivity contribution in [3.8, 4) is 0 Å². The summed E-state index contributed by atoms with van der Waals surface area (Å²) >= 11 is 0. The maximum Gasteiger partial charge on any atom is 0.0950 e. The van der Waals surface area contributed by atoms with E-state index in [-0.39, 0.29) is 32.7 Å². The van der Waals surface area contributed by atoms with Gasteiger partial charge in [-0.1, -0.05) is 261 Å². The average molecular weight is 1480 g/mol. The topological polar surface area (TPSA) is 87.2 Å². The molecule has 6 aromatic heterocycles. The molecule has 12 rings (SSSR count). The molecule has 6 aromatic rings. The number of imidazole rings is 2. The van der Waals surface area contributed by atoms with Gasteiger partial charge in [-0.15, -0.1) is 0 Å². The number of rotatable bonds is 6. The van der Waals surface area contributed by atoms with Crippen LogP contribution in [0.5, 0.6) is 0 Å². The van der Waals surface area contributed by atoms with Crippen molar-refractivity contribution in [3.05, 3.63) is 155 Å². The zero-order valence-electron chi connectivity index (χ0n) is 74.0. The molecule has 0 spiro atoms. The van der Waals surface area contributed by atoms with Crippen LogP contribution in [0.15, 0.2) is 98.6 Å². The molecule has 6 aliphatic rings. The fourth-order valence-electron chi connectivity index (χ4n) is 13.6. The van der Waals surface area contributed by atoms with Crippen LogP contribution in [0.2, 0.25) is 0 Å². The van der Waals surface area contributed by atoms with Gasteiger partial charge in [0, 0.05) is 129 Å². The Balaban J connectivity index is -0.000000197. The number of hydrogen-bond acceptors (Lipinski definition) is 6. The van der Waals surface area contributed by atoms with E-state index in [9.17, 15) is 0 Å². The SMILES string of the molecule is CC.CC.CC.CC.CC.CC.CC.CC.CC.CC.CC.CC.CC(C)C1CCCc2cccnc21.CC(C)C1CCCc2ccncc21.CC(C)C1CCCc2cnccc21.CC(C)C1CCCc2cncn21.CC(C)C1CCCc2ncccc21.CC(C)C1CCCn2cncc21.[Y]. The molecule has 6 atom stereocenters. The monoisotopic (exact) mass is 1480 g/mol. The van der Waals surface area contributed by atoms with Gasteiger partial charge in [-0.2, -0.15) is 0 Å². The van der Waals surface area contributed by atoms with E-state index in [4.69, 9.17) is 0 Å². The zero-order chi connectivity index (χ0) is 78.1. The van der Waals surface area contributed by atoms with Gasteiger partial charge in [0.2, 0.25) is 0 Å². The van der Waals surface area contributed by atoms with Crippen LogP contribution >= 0.6 is 0 Å². The molecule has 8 nitrogen and oxygen atoms in total. The third-order valence-electron chi connectivity index (χ3n) is 18.0. The van der Waals surface area contributed by atoms with E-state index < -0.39 is 0 Å². The van der Waals surface area contributed by atoms with Gasteiger partial charge in [0.05, 0.1) is 12.7 Å². The predicted octanol–water partition coefficient (Wildman–Crippen LogP) is 29.8. The van der Waals surface area contributed by atoms with Crippen molar-refractivity contribution in [1.29, 1.82) is 0 Å².